The molecule has 2 rings (SSSR count). The summed E-state index contributed by atoms with van der Waals surface area (Å²) in [4.78, 5) is 8.23. The van der Waals surface area contributed by atoms with E-state index in [0.29, 0.717) is 13.2 Å². The van der Waals surface area contributed by atoms with Gasteiger partial charge in [0.15, 0.2) is 0 Å². The zero-order valence-corrected chi connectivity index (χ0v) is 11.5. The lowest BCUT2D eigenvalue weighted by Gasteiger charge is -2.07. The maximum absolute atomic E-state index is 5.68. The van der Waals surface area contributed by atoms with Crippen LogP contribution in [-0.4, -0.2) is 22.3 Å². The van der Waals surface area contributed by atoms with Crippen molar-refractivity contribution < 1.29 is 4.74 Å². The van der Waals surface area contributed by atoms with Crippen LogP contribution in [0.1, 0.15) is 12.0 Å². The molecule has 5 heteroatoms. The molecule has 4 nitrogen and oxygen atoms in total. The smallest absolute Gasteiger partial charge is 0.119 e. The minimum atomic E-state index is 0.541. The molecule has 1 aromatic carbocycles. The van der Waals surface area contributed by atoms with Crippen LogP contribution in [0.2, 0.25) is 0 Å². The number of hydrogen-bond acceptors (Lipinski definition) is 5. The summed E-state index contributed by atoms with van der Waals surface area (Å²) in [5, 5.41) is 0.952. The van der Waals surface area contributed by atoms with Crippen molar-refractivity contribution in [3.05, 3.63) is 48.4 Å². The third-order valence-corrected chi connectivity index (χ3v) is 3.48. The lowest BCUT2D eigenvalue weighted by molar-refractivity contribution is 0.318. The monoisotopic (exact) mass is 275 g/mol. The second-order valence-corrected chi connectivity index (χ2v) is 5.06. The second-order valence-electron chi connectivity index (χ2n) is 3.95. The van der Waals surface area contributed by atoms with Gasteiger partial charge in [0.1, 0.15) is 10.8 Å². The first-order valence-electron chi connectivity index (χ1n) is 6.19. The average molecular weight is 275 g/mol. The quantitative estimate of drug-likeness (QED) is 0.621. The van der Waals surface area contributed by atoms with Gasteiger partial charge in [0.05, 0.1) is 12.8 Å². The molecule has 0 aliphatic heterocycles. The summed E-state index contributed by atoms with van der Waals surface area (Å²) < 4.78 is 5.68. The molecule has 0 aliphatic rings. The molecule has 0 saturated carbocycles. The predicted octanol–water partition coefficient (Wildman–Crippen LogP) is 2.50. The van der Waals surface area contributed by atoms with E-state index in [1.54, 1.807) is 30.4 Å². The summed E-state index contributed by atoms with van der Waals surface area (Å²) in [5.74, 6) is 1.85. The van der Waals surface area contributed by atoms with E-state index >= 15 is 0 Å². The SMILES string of the molecule is NCc1cccc(OCCCSc2cnccn2)c1. The van der Waals surface area contributed by atoms with Crippen LogP contribution in [0.3, 0.4) is 0 Å². The number of nitrogens with two attached hydrogens (primary N) is 1. The molecule has 1 aromatic heterocycles. The first kappa shape index (κ1) is 13.8. The second kappa shape index (κ2) is 7.76. The summed E-state index contributed by atoms with van der Waals surface area (Å²) in [5.41, 5.74) is 6.68. The van der Waals surface area contributed by atoms with E-state index in [0.717, 1.165) is 28.5 Å². The molecule has 0 atom stereocenters. The molecule has 0 spiro atoms. The Morgan fingerprint density at radius 3 is 3.00 bits per heavy atom. The molecule has 0 amide bonds. The molecular formula is C14H17N3OS. The highest BCUT2D eigenvalue weighted by Gasteiger charge is 1.97. The van der Waals surface area contributed by atoms with Crippen molar-refractivity contribution in [2.24, 2.45) is 5.73 Å². The van der Waals surface area contributed by atoms with Crippen molar-refractivity contribution in [3.8, 4) is 5.75 Å². The number of nitrogens with zero attached hydrogens (tertiary/aromatic N) is 2. The minimum Gasteiger partial charge on any atom is -0.494 e. The van der Waals surface area contributed by atoms with Crippen LogP contribution < -0.4 is 10.5 Å². The van der Waals surface area contributed by atoms with Gasteiger partial charge in [0.2, 0.25) is 0 Å². The van der Waals surface area contributed by atoms with Crippen molar-refractivity contribution >= 4 is 11.8 Å². The normalized spacial score (nSPS) is 10.4. The fourth-order valence-electron chi connectivity index (χ4n) is 1.55. The summed E-state index contributed by atoms with van der Waals surface area (Å²) >= 11 is 1.69. The molecule has 0 radical (unpaired) electrons. The standard InChI is InChI=1S/C14H17N3OS/c15-10-12-3-1-4-13(9-12)18-7-2-8-19-14-11-16-5-6-17-14/h1,3-6,9,11H,2,7-8,10,15H2. The Kier molecular flexibility index (Phi) is 5.65. The Hall–Kier alpha value is -1.59. The van der Waals surface area contributed by atoms with E-state index in [4.69, 9.17) is 10.5 Å². The average Bonchev–Trinajstić information content (AvgIpc) is 2.48. The van der Waals surface area contributed by atoms with E-state index in [9.17, 15) is 0 Å². The number of rotatable bonds is 7. The Morgan fingerprint density at radius 1 is 1.26 bits per heavy atom. The van der Waals surface area contributed by atoms with Gasteiger partial charge in [-0.05, 0) is 24.1 Å². The van der Waals surface area contributed by atoms with E-state index in [-0.39, 0.29) is 0 Å². The fraction of sp³-hybridized carbons (Fsp3) is 0.286. The molecule has 0 fully saturated rings. The van der Waals surface area contributed by atoms with E-state index in [1.807, 2.05) is 24.3 Å². The minimum absolute atomic E-state index is 0.541. The molecule has 0 saturated heterocycles. The Morgan fingerprint density at radius 2 is 2.21 bits per heavy atom. The van der Waals surface area contributed by atoms with E-state index in [1.165, 1.54) is 0 Å². The number of ether oxygens (including phenoxy) is 1. The molecule has 0 bridgehead atoms. The van der Waals surface area contributed by atoms with E-state index < -0.39 is 0 Å². The third kappa shape index (κ3) is 4.89. The first-order valence-corrected chi connectivity index (χ1v) is 7.17. The predicted molar refractivity (Wildman–Crippen MR) is 77.2 cm³/mol. The highest BCUT2D eigenvalue weighted by molar-refractivity contribution is 7.99. The van der Waals surface area contributed by atoms with Gasteiger partial charge in [-0.25, -0.2) is 4.98 Å². The van der Waals surface area contributed by atoms with Gasteiger partial charge in [-0.1, -0.05) is 12.1 Å². The van der Waals surface area contributed by atoms with Gasteiger partial charge in [-0.3, -0.25) is 4.98 Å². The summed E-state index contributed by atoms with van der Waals surface area (Å²) in [6.07, 6.45) is 6.12. The van der Waals surface area contributed by atoms with Crippen molar-refractivity contribution in [2.75, 3.05) is 12.4 Å². The third-order valence-electron chi connectivity index (χ3n) is 2.48. The van der Waals surface area contributed by atoms with Crippen molar-refractivity contribution in [1.82, 2.24) is 9.97 Å². The first-order chi connectivity index (χ1) is 9.38. The topological polar surface area (TPSA) is 61.0 Å². The van der Waals surface area contributed by atoms with E-state index in [2.05, 4.69) is 9.97 Å². The van der Waals surface area contributed by atoms with Crippen LogP contribution in [0.5, 0.6) is 5.75 Å². The number of thioether (sulfide) groups is 1. The maximum Gasteiger partial charge on any atom is 0.119 e. The molecule has 2 N–H and O–H groups in total. The largest absolute Gasteiger partial charge is 0.494 e. The Bertz CT molecular complexity index is 493. The molecule has 19 heavy (non-hydrogen) atoms. The maximum atomic E-state index is 5.68. The Balaban J connectivity index is 1.66. The van der Waals surface area contributed by atoms with Crippen LogP contribution >= 0.6 is 11.8 Å². The van der Waals surface area contributed by atoms with Gasteiger partial charge < -0.3 is 10.5 Å². The summed E-state index contributed by atoms with van der Waals surface area (Å²) in [6, 6.07) is 7.90. The van der Waals surface area contributed by atoms with Crippen molar-refractivity contribution in [2.45, 2.75) is 18.0 Å². The van der Waals surface area contributed by atoms with Crippen molar-refractivity contribution in [1.29, 1.82) is 0 Å². The lowest BCUT2D eigenvalue weighted by Crippen LogP contribution is -2.01. The molecule has 1 heterocycles. The van der Waals surface area contributed by atoms with Gasteiger partial charge in [-0.15, -0.1) is 11.8 Å². The van der Waals surface area contributed by atoms with Crippen LogP contribution in [0.4, 0.5) is 0 Å². The summed E-state index contributed by atoms with van der Waals surface area (Å²) in [6.45, 7) is 1.24. The van der Waals surface area contributed by atoms with Gasteiger partial charge in [0.25, 0.3) is 0 Å². The van der Waals surface area contributed by atoms with Gasteiger partial charge >= 0.3 is 0 Å². The van der Waals surface area contributed by atoms with Crippen LogP contribution in [0, 0.1) is 0 Å². The fourth-order valence-corrected chi connectivity index (χ4v) is 2.29. The Labute approximate surface area is 117 Å². The highest BCUT2D eigenvalue weighted by Crippen LogP contribution is 2.16. The van der Waals surface area contributed by atoms with Crippen molar-refractivity contribution in [3.63, 3.8) is 0 Å². The van der Waals surface area contributed by atoms with Crippen LogP contribution in [0.15, 0.2) is 47.9 Å². The number of hydrogen-bond donors (Lipinski definition) is 1. The zero-order chi connectivity index (χ0) is 13.3. The molecule has 0 unspecified atom stereocenters. The van der Waals surface area contributed by atoms with Gasteiger partial charge in [0, 0.05) is 24.7 Å². The molecule has 100 valence electrons. The van der Waals surface area contributed by atoms with Crippen LogP contribution in [-0.2, 0) is 6.54 Å². The van der Waals surface area contributed by atoms with Gasteiger partial charge in [-0.2, -0.15) is 0 Å². The summed E-state index contributed by atoms with van der Waals surface area (Å²) in [7, 11) is 0. The molecular weight excluding hydrogens is 258 g/mol. The lowest BCUT2D eigenvalue weighted by atomic mass is 10.2. The highest BCUT2D eigenvalue weighted by atomic mass is 32.2. The van der Waals surface area contributed by atoms with Crippen LogP contribution in [0.25, 0.3) is 0 Å². The number of benzene rings is 1. The number of aromatic nitrogens is 2. The zero-order valence-electron chi connectivity index (χ0n) is 10.7. The molecule has 0 aliphatic carbocycles. The molecule has 2 aromatic rings.